The highest BCUT2D eigenvalue weighted by Gasteiger charge is 1.96. The van der Waals surface area contributed by atoms with E-state index >= 15 is 0 Å². The zero-order valence-corrected chi connectivity index (χ0v) is 9.41. The van der Waals surface area contributed by atoms with Crippen molar-refractivity contribution in [2.75, 3.05) is 13.7 Å². The minimum Gasteiger partial charge on any atom is -0.501 e. The molecule has 0 fully saturated rings. The highest BCUT2D eigenvalue weighted by molar-refractivity contribution is 5.30. The molecular weight excluding hydrogens is 178 g/mol. The summed E-state index contributed by atoms with van der Waals surface area (Å²) in [7, 11) is 1.63. The van der Waals surface area contributed by atoms with Crippen LogP contribution in [-0.2, 0) is 9.47 Å². The van der Waals surface area contributed by atoms with Gasteiger partial charge in [-0.05, 0) is 39.6 Å². The highest BCUT2D eigenvalue weighted by atomic mass is 16.5. The average Bonchev–Trinajstić information content (AvgIpc) is 2.17. The number of nitrogens with zero attached hydrogens (tertiary/aromatic N) is 1. The molecule has 3 heteroatoms. The van der Waals surface area contributed by atoms with Gasteiger partial charge in [0.15, 0.2) is 0 Å². The zero-order chi connectivity index (χ0) is 11.0. The van der Waals surface area contributed by atoms with Gasteiger partial charge in [0.05, 0.1) is 31.3 Å². The molecular formula is C11H19NO2. The van der Waals surface area contributed by atoms with Crippen molar-refractivity contribution in [1.29, 1.82) is 0 Å². The zero-order valence-electron chi connectivity index (χ0n) is 9.41. The molecule has 80 valence electrons. The fraction of sp³-hybridized carbons (Fsp3) is 0.545. The smallest absolute Gasteiger partial charge is 0.0925 e. The summed E-state index contributed by atoms with van der Waals surface area (Å²) in [5.74, 6) is 0.829. The summed E-state index contributed by atoms with van der Waals surface area (Å²) >= 11 is 0. The number of aliphatic imine (C=N–C) groups is 1. The summed E-state index contributed by atoms with van der Waals surface area (Å²) in [6.07, 6.45) is 3.88. The van der Waals surface area contributed by atoms with Gasteiger partial charge in [0.2, 0.25) is 0 Å². The minimum absolute atomic E-state index is 0.202. The average molecular weight is 197 g/mol. The Balaban J connectivity index is 4.19. The number of rotatable bonds is 6. The molecule has 0 aromatic rings. The molecule has 0 spiro atoms. The fourth-order valence-electron chi connectivity index (χ4n) is 0.680. The van der Waals surface area contributed by atoms with Crippen LogP contribution in [0.1, 0.15) is 20.8 Å². The van der Waals surface area contributed by atoms with E-state index in [1.165, 1.54) is 0 Å². The van der Waals surface area contributed by atoms with Crippen LogP contribution in [0.15, 0.2) is 28.6 Å². The van der Waals surface area contributed by atoms with Crippen molar-refractivity contribution in [2.45, 2.75) is 26.9 Å². The Hall–Kier alpha value is -1.09. The van der Waals surface area contributed by atoms with Crippen molar-refractivity contribution in [3.8, 4) is 0 Å². The number of methoxy groups -OCH3 is 1. The quantitative estimate of drug-likeness (QED) is 0.372. The first-order valence-corrected chi connectivity index (χ1v) is 4.60. The monoisotopic (exact) mass is 197 g/mol. The maximum Gasteiger partial charge on any atom is 0.0925 e. The Kier molecular flexibility index (Phi) is 6.76. The van der Waals surface area contributed by atoms with Gasteiger partial charge in [-0.3, -0.25) is 4.99 Å². The summed E-state index contributed by atoms with van der Waals surface area (Å²) < 4.78 is 10.4. The molecule has 0 bridgehead atoms. The van der Waals surface area contributed by atoms with E-state index in [-0.39, 0.29) is 6.10 Å². The molecule has 0 radical (unpaired) electrons. The van der Waals surface area contributed by atoms with Crippen LogP contribution in [0, 0.1) is 0 Å². The molecule has 0 aromatic carbocycles. The van der Waals surface area contributed by atoms with Gasteiger partial charge < -0.3 is 9.47 Å². The van der Waals surface area contributed by atoms with E-state index in [2.05, 4.69) is 11.7 Å². The van der Waals surface area contributed by atoms with E-state index in [9.17, 15) is 0 Å². The standard InChI is InChI=1S/C11H19NO2/c1-9(2)14-8-11(12-4)7-6-10(3)13-5/h6-7,9H,4,8H2,1-3,5H3/b10-6+,11-7-. The summed E-state index contributed by atoms with van der Waals surface area (Å²) in [5.41, 5.74) is 0.801. The second-order valence-corrected chi connectivity index (χ2v) is 3.16. The van der Waals surface area contributed by atoms with Crippen LogP contribution in [0.5, 0.6) is 0 Å². The highest BCUT2D eigenvalue weighted by Crippen LogP contribution is 2.02. The molecule has 0 rings (SSSR count). The van der Waals surface area contributed by atoms with Crippen molar-refractivity contribution in [3.05, 3.63) is 23.6 Å². The lowest BCUT2D eigenvalue weighted by Crippen LogP contribution is -2.04. The van der Waals surface area contributed by atoms with E-state index in [1.54, 1.807) is 7.11 Å². The third-order valence-electron chi connectivity index (χ3n) is 1.60. The van der Waals surface area contributed by atoms with Crippen LogP contribution in [0.4, 0.5) is 0 Å². The van der Waals surface area contributed by atoms with E-state index < -0.39 is 0 Å². The second kappa shape index (κ2) is 7.33. The molecule has 3 nitrogen and oxygen atoms in total. The van der Waals surface area contributed by atoms with Gasteiger partial charge in [-0.1, -0.05) is 0 Å². The first-order valence-electron chi connectivity index (χ1n) is 4.60. The van der Waals surface area contributed by atoms with Gasteiger partial charge in [0.25, 0.3) is 0 Å². The van der Waals surface area contributed by atoms with Crippen molar-refractivity contribution in [2.24, 2.45) is 4.99 Å². The Labute approximate surface area is 86.1 Å². The first-order chi connectivity index (χ1) is 6.60. The summed E-state index contributed by atoms with van der Waals surface area (Å²) in [6, 6.07) is 0. The van der Waals surface area contributed by atoms with E-state index in [0.717, 1.165) is 11.5 Å². The van der Waals surface area contributed by atoms with Crippen LogP contribution in [-0.4, -0.2) is 26.5 Å². The van der Waals surface area contributed by atoms with Gasteiger partial charge >= 0.3 is 0 Å². The van der Waals surface area contributed by atoms with E-state index in [1.807, 2.05) is 32.9 Å². The van der Waals surface area contributed by atoms with Gasteiger partial charge in [0.1, 0.15) is 0 Å². The third-order valence-corrected chi connectivity index (χ3v) is 1.60. The molecule has 0 saturated carbocycles. The Morgan fingerprint density at radius 1 is 1.43 bits per heavy atom. The molecule has 14 heavy (non-hydrogen) atoms. The molecule has 0 N–H and O–H groups in total. The Bertz CT molecular complexity index is 229. The molecule has 0 heterocycles. The fourth-order valence-corrected chi connectivity index (χ4v) is 0.680. The van der Waals surface area contributed by atoms with Crippen molar-refractivity contribution in [1.82, 2.24) is 0 Å². The minimum atomic E-state index is 0.202. The predicted molar refractivity (Wildman–Crippen MR) is 59.5 cm³/mol. The molecule has 0 saturated heterocycles. The number of hydrogen-bond acceptors (Lipinski definition) is 3. The molecule has 0 unspecified atom stereocenters. The third kappa shape index (κ3) is 6.43. The normalized spacial score (nSPS) is 13.2. The molecule has 0 aliphatic rings. The lowest BCUT2D eigenvalue weighted by molar-refractivity contribution is 0.0968. The summed E-state index contributed by atoms with van der Waals surface area (Å²) in [6.45, 7) is 9.80. The maximum absolute atomic E-state index is 5.39. The number of hydrogen-bond donors (Lipinski definition) is 0. The number of ether oxygens (including phenoxy) is 2. The lowest BCUT2D eigenvalue weighted by Gasteiger charge is -2.06. The molecule has 0 aromatic heterocycles. The van der Waals surface area contributed by atoms with Gasteiger partial charge in [-0.25, -0.2) is 0 Å². The van der Waals surface area contributed by atoms with Crippen LogP contribution < -0.4 is 0 Å². The molecule has 0 aliphatic heterocycles. The topological polar surface area (TPSA) is 30.8 Å². The molecule has 0 aliphatic carbocycles. The SMILES string of the molecule is C=N/C(=C\C=C(/C)OC)COC(C)C. The van der Waals surface area contributed by atoms with Crippen molar-refractivity contribution >= 4 is 6.72 Å². The summed E-state index contributed by atoms with van der Waals surface area (Å²) in [4.78, 5) is 3.85. The number of allylic oxidation sites excluding steroid dienone is 3. The molecule has 0 atom stereocenters. The first kappa shape index (κ1) is 12.9. The Morgan fingerprint density at radius 2 is 2.07 bits per heavy atom. The summed E-state index contributed by atoms with van der Waals surface area (Å²) in [5, 5.41) is 0. The molecule has 0 amide bonds. The van der Waals surface area contributed by atoms with Crippen LogP contribution >= 0.6 is 0 Å². The van der Waals surface area contributed by atoms with Gasteiger partial charge in [-0.2, -0.15) is 0 Å². The van der Waals surface area contributed by atoms with E-state index in [0.29, 0.717) is 6.61 Å². The maximum atomic E-state index is 5.39. The van der Waals surface area contributed by atoms with Crippen LogP contribution in [0.25, 0.3) is 0 Å². The van der Waals surface area contributed by atoms with Gasteiger partial charge in [0, 0.05) is 0 Å². The largest absolute Gasteiger partial charge is 0.501 e. The van der Waals surface area contributed by atoms with E-state index in [4.69, 9.17) is 9.47 Å². The second-order valence-electron chi connectivity index (χ2n) is 3.16. The van der Waals surface area contributed by atoms with Gasteiger partial charge in [-0.15, -0.1) is 0 Å². The Morgan fingerprint density at radius 3 is 2.50 bits per heavy atom. The van der Waals surface area contributed by atoms with Crippen molar-refractivity contribution < 1.29 is 9.47 Å². The predicted octanol–water partition coefficient (Wildman–Crippen LogP) is 2.55. The van der Waals surface area contributed by atoms with Crippen LogP contribution in [0.2, 0.25) is 0 Å². The van der Waals surface area contributed by atoms with Crippen LogP contribution in [0.3, 0.4) is 0 Å². The van der Waals surface area contributed by atoms with Crippen molar-refractivity contribution in [3.63, 3.8) is 0 Å². The lowest BCUT2D eigenvalue weighted by atomic mass is 10.3.